The van der Waals surface area contributed by atoms with Gasteiger partial charge in [0.2, 0.25) is 0 Å². The lowest BCUT2D eigenvalue weighted by atomic mass is 9.93. The predicted octanol–water partition coefficient (Wildman–Crippen LogP) is 2.64. The van der Waals surface area contributed by atoms with Gasteiger partial charge in [0.15, 0.2) is 0 Å². The summed E-state index contributed by atoms with van der Waals surface area (Å²) >= 11 is 6.15. The number of nitrogens with zero attached hydrogens (tertiary/aromatic N) is 3. The number of carbonyl (C=O) groups excluding carboxylic acids is 1. The van der Waals surface area contributed by atoms with Gasteiger partial charge >= 0.3 is 0 Å². The van der Waals surface area contributed by atoms with Crippen LogP contribution in [0.3, 0.4) is 0 Å². The van der Waals surface area contributed by atoms with E-state index in [1.807, 2.05) is 38.1 Å². The van der Waals surface area contributed by atoms with Crippen LogP contribution in [-0.4, -0.2) is 40.7 Å². The van der Waals surface area contributed by atoms with E-state index < -0.39 is 0 Å². The first kappa shape index (κ1) is 17.5. The largest absolute Gasteiger partial charge is 0.341 e. The van der Waals surface area contributed by atoms with Crippen molar-refractivity contribution in [3.8, 4) is 0 Å². The first-order valence-corrected chi connectivity index (χ1v) is 7.91. The summed E-state index contributed by atoms with van der Waals surface area (Å²) in [6.45, 7) is 5.73. The fourth-order valence-corrected chi connectivity index (χ4v) is 2.56. The van der Waals surface area contributed by atoms with Crippen molar-refractivity contribution < 1.29 is 4.79 Å². The molecule has 0 atom stereocenters. The van der Waals surface area contributed by atoms with E-state index in [4.69, 9.17) is 17.3 Å². The third-order valence-corrected chi connectivity index (χ3v) is 4.10. The molecule has 0 saturated carbocycles. The minimum Gasteiger partial charge on any atom is -0.341 e. The highest BCUT2D eigenvalue weighted by Crippen LogP contribution is 2.17. The number of rotatable bonds is 6. The van der Waals surface area contributed by atoms with Crippen LogP contribution in [0.15, 0.2) is 36.7 Å². The molecule has 1 amide bonds. The number of amides is 1. The smallest absolute Gasteiger partial charge is 0.256 e. The number of hydrogen-bond donors (Lipinski definition) is 1. The van der Waals surface area contributed by atoms with Crippen molar-refractivity contribution in [3.63, 3.8) is 0 Å². The summed E-state index contributed by atoms with van der Waals surface area (Å²) in [6.07, 6.45) is 3.34. The summed E-state index contributed by atoms with van der Waals surface area (Å²) in [4.78, 5) is 14.2. The topological polar surface area (TPSA) is 64.2 Å². The summed E-state index contributed by atoms with van der Waals surface area (Å²) in [5.74, 6) is -0.0584. The van der Waals surface area contributed by atoms with Gasteiger partial charge in [0.1, 0.15) is 0 Å². The highest BCUT2D eigenvalue weighted by molar-refractivity contribution is 6.31. The lowest BCUT2D eigenvalue weighted by Gasteiger charge is -2.28. The second kappa shape index (κ2) is 7.15. The molecule has 0 aliphatic carbocycles. The fourth-order valence-electron chi connectivity index (χ4n) is 2.36. The lowest BCUT2D eigenvalue weighted by Crippen LogP contribution is -2.39. The Balaban J connectivity index is 2.07. The summed E-state index contributed by atoms with van der Waals surface area (Å²) in [5.41, 5.74) is 7.15. The van der Waals surface area contributed by atoms with E-state index in [0.29, 0.717) is 30.2 Å². The minimum absolute atomic E-state index is 0.0584. The van der Waals surface area contributed by atoms with Crippen molar-refractivity contribution in [2.75, 3.05) is 20.1 Å². The molecule has 2 rings (SSSR count). The normalized spacial score (nSPS) is 11.5. The van der Waals surface area contributed by atoms with Crippen LogP contribution in [0.1, 0.15) is 29.8 Å². The Morgan fingerprint density at radius 1 is 1.39 bits per heavy atom. The minimum atomic E-state index is -0.113. The van der Waals surface area contributed by atoms with Gasteiger partial charge in [0, 0.05) is 24.8 Å². The van der Waals surface area contributed by atoms with E-state index in [1.54, 1.807) is 29.0 Å². The molecule has 124 valence electrons. The molecule has 1 aromatic carbocycles. The molecule has 6 heteroatoms. The van der Waals surface area contributed by atoms with Gasteiger partial charge in [-0.15, -0.1) is 0 Å². The molecule has 2 N–H and O–H groups in total. The van der Waals surface area contributed by atoms with Gasteiger partial charge in [-0.3, -0.25) is 9.48 Å². The van der Waals surface area contributed by atoms with E-state index in [0.717, 1.165) is 5.56 Å². The summed E-state index contributed by atoms with van der Waals surface area (Å²) < 4.78 is 1.72. The Hall–Kier alpha value is -1.85. The van der Waals surface area contributed by atoms with Crippen molar-refractivity contribution in [2.24, 2.45) is 11.1 Å². The SMILES string of the molecule is CN(CC(C)(C)CN)C(=O)c1cnn(Cc2ccccc2Cl)c1. The molecular weight excluding hydrogens is 312 g/mol. The van der Waals surface area contributed by atoms with Crippen LogP contribution in [0.5, 0.6) is 0 Å². The van der Waals surface area contributed by atoms with Crippen LogP contribution < -0.4 is 5.73 Å². The van der Waals surface area contributed by atoms with E-state index in [-0.39, 0.29) is 11.3 Å². The standard InChI is InChI=1S/C17H23ClN4O/c1-17(2,11-19)12-21(3)16(23)14-8-20-22(10-14)9-13-6-4-5-7-15(13)18/h4-8,10H,9,11-12,19H2,1-3H3. The first-order chi connectivity index (χ1) is 10.8. The zero-order chi connectivity index (χ0) is 17.0. The van der Waals surface area contributed by atoms with Gasteiger partial charge in [-0.1, -0.05) is 43.6 Å². The molecule has 1 heterocycles. The molecule has 0 aliphatic heterocycles. The summed E-state index contributed by atoms with van der Waals surface area (Å²) in [5, 5.41) is 4.95. The van der Waals surface area contributed by atoms with Crippen LogP contribution >= 0.6 is 11.6 Å². The molecule has 23 heavy (non-hydrogen) atoms. The summed E-state index contributed by atoms with van der Waals surface area (Å²) in [6, 6.07) is 7.61. The van der Waals surface area contributed by atoms with Crippen molar-refractivity contribution >= 4 is 17.5 Å². The second-order valence-electron chi connectivity index (χ2n) is 6.55. The predicted molar refractivity (Wildman–Crippen MR) is 92.6 cm³/mol. The maximum Gasteiger partial charge on any atom is 0.256 e. The van der Waals surface area contributed by atoms with Gasteiger partial charge in [-0.2, -0.15) is 5.10 Å². The quantitative estimate of drug-likeness (QED) is 0.883. The van der Waals surface area contributed by atoms with Crippen molar-refractivity contribution in [1.29, 1.82) is 0 Å². The number of aromatic nitrogens is 2. The fraction of sp³-hybridized carbons (Fsp3) is 0.412. The number of benzene rings is 1. The third kappa shape index (κ3) is 4.56. The maximum atomic E-state index is 12.5. The lowest BCUT2D eigenvalue weighted by molar-refractivity contribution is 0.0740. The molecule has 5 nitrogen and oxygen atoms in total. The van der Waals surface area contributed by atoms with Crippen LogP contribution in [0.25, 0.3) is 0 Å². The molecule has 0 saturated heterocycles. The van der Waals surface area contributed by atoms with Crippen LogP contribution in [0, 0.1) is 5.41 Å². The Morgan fingerprint density at radius 2 is 2.09 bits per heavy atom. The van der Waals surface area contributed by atoms with Gasteiger partial charge in [-0.05, 0) is 23.6 Å². The van der Waals surface area contributed by atoms with Crippen LogP contribution in [-0.2, 0) is 6.54 Å². The van der Waals surface area contributed by atoms with Crippen LogP contribution in [0.2, 0.25) is 5.02 Å². The van der Waals surface area contributed by atoms with Crippen molar-refractivity contribution in [2.45, 2.75) is 20.4 Å². The van der Waals surface area contributed by atoms with E-state index in [9.17, 15) is 4.79 Å². The number of halogens is 1. The Morgan fingerprint density at radius 3 is 2.74 bits per heavy atom. The molecule has 0 bridgehead atoms. The highest BCUT2D eigenvalue weighted by Gasteiger charge is 2.22. The zero-order valence-electron chi connectivity index (χ0n) is 13.8. The Labute approximate surface area is 142 Å². The number of carbonyl (C=O) groups is 1. The zero-order valence-corrected chi connectivity index (χ0v) is 14.5. The molecule has 0 spiro atoms. The Kier molecular flexibility index (Phi) is 5.44. The maximum absolute atomic E-state index is 12.5. The number of hydrogen-bond acceptors (Lipinski definition) is 3. The van der Waals surface area contributed by atoms with Crippen LogP contribution in [0.4, 0.5) is 0 Å². The molecule has 0 radical (unpaired) electrons. The molecule has 0 fully saturated rings. The van der Waals surface area contributed by atoms with Gasteiger partial charge < -0.3 is 10.6 Å². The van der Waals surface area contributed by atoms with Crippen molar-refractivity contribution in [3.05, 3.63) is 52.8 Å². The van der Waals surface area contributed by atoms with Crippen molar-refractivity contribution in [1.82, 2.24) is 14.7 Å². The molecule has 2 aromatic rings. The summed E-state index contributed by atoms with van der Waals surface area (Å²) in [7, 11) is 1.78. The average molecular weight is 335 g/mol. The molecule has 0 aliphatic rings. The van der Waals surface area contributed by atoms with Gasteiger partial charge in [0.25, 0.3) is 5.91 Å². The average Bonchev–Trinajstić information content (AvgIpc) is 2.97. The first-order valence-electron chi connectivity index (χ1n) is 7.54. The van der Waals surface area contributed by atoms with E-state index >= 15 is 0 Å². The van der Waals surface area contributed by atoms with Gasteiger partial charge in [0.05, 0.1) is 18.3 Å². The number of nitrogens with two attached hydrogens (primary N) is 1. The molecule has 0 unspecified atom stereocenters. The molecule has 1 aromatic heterocycles. The third-order valence-electron chi connectivity index (χ3n) is 3.73. The van der Waals surface area contributed by atoms with E-state index in [1.165, 1.54) is 0 Å². The second-order valence-corrected chi connectivity index (χ2v) is 6.95. The molecular formula is C17H23ClN4O. The Bertz CT molecular complexity index is 681. The van der Waals surface area contributed by atoms with Gasteiger partial charge in [-0.25, -0.2) is 0 Å². The monoisotopic (exact) mass is 334 g/mol. The highest BCUT2D eigenvalue weighted by atomic mass is 35.5. The van der Waals surface area contributed by atoms with E-state index in [2.05, 4.69) is 5.10 Å².